The van der Waals surface area contributed by atoms with E-state index < -0.39 is 6.04 Å². The minimum atomic E-state index is -0.577. The van der Waals surface area contributed by atoms with E-state index in [1.54, 1.807) is 0 Å². The Morgan fingerprint density at radius 3 is 2.35 bits per heavy atom. The van der Waals surface area contributed by atoms with E-state index in [9.17, 15) is 4.79 Å². The molecule has 4 atom stereocenters. The number of likely N-dealkylation sites (N-methyl/N-ethyl adjacent to an activating group) is 1. The van der Waals surface area contributed by atoms with Gasteiger partial charge in [-0.2, -0.15) is 0 Å². The van der Waals surface area contributed by atoms with Gasteiger partial charge in [0.25, 0.3) is 0 Å². The van der Waals surface area contributed by atoms with E-state index in [4.69, 9.17) is 10.5 Å². The second-order valence-corrected chi connectivity index (χ2v) is 7.54. The maximum atomic E-state index is 12.3. The zero-order chi connectivity index (χ0) is 15.3. The average molecular weight is 282 g/mol. The highest BCUT2D eigenvalue weighted by molar-refractivity contribution is 5.78. The number of esters is 1. The number of hydrogen-bond donors (Lipinski definition) is 1. The highest BCUT2D eigenvalue weighted by Gasteiger charge is 2.72. The van der Waals surface area contributed by atoms with Gasteiger partial charge in [0.15, 0.2) is 0 Å². The lowest BCUT2D eigenvalue weighted by Crippen LogP contribution is -2.68. The molecule has 2 saturated carbocycles. The summed E-state index contributed by atoms with van der Waals surface area (Å²) in [6.07, 6.45) is 3.37. The molecule has 0 radical (unpaired) electrons. The summed E-state index contributed by atoms with van der Waals surface area (Å²) in [5, 5.41) is 0. The zero-order valence-electron chi connectivity index (χ0n) is 13.8. The van der Waals surface area contributed by atoms with Crippen LogP contribution in [0.1, 0.15) is 47.0 Å². The maximum Gasteiger partial charge on any atom is 0.324 e. The van der Waals surface area contributed by atoms with Gasteiger partial charge in [-0.1, -0.05) is 20.8 Å². The summed E-state index contributed by atoms with van der Waals surface area (Å²) in [4.78, 5) is 14.5. The first-order valence-corrected chi connectivity index (χ1v) is 7.75. The molecule has 20 heavy (non-hydrogen) atoms. The number of ether oxygens (including phenoxy) is 1. The molecule has 2 aliphatic carbocycles. The Kier molecular flexibility index (Phi) is 3.71. The molecule has 0 aliphatic heterocycles. The second kappa shape index (κ2) is 4.70. The van der Waals surface area contributed by atoms with Crippen LogP contribution >= 0.6 is 0 Å². The first-order valence-electron chi connectivity index (χ1n) is 7.75. The lowest BCUT2D eigenvalue weighted by Gasteiger charge is -2.54. The zero-order valence-corrected chi connectivity index (χ0v) is 13.8. The molecule has 0 heterocycles. The fourth-order valence-electron chi connectivity index (χ4n) is 5.18. The van der Waals surface area contributed by atoms with Crippen LogP contribution in [0.25, 0.3) is 0 Å². The van der Waals surface area contributed by atoms with Crippen LogP contribution in [0.2, 0.25) is 0 Å². The molecule has 0 spiro atoms. The van der Waals surface area contributed by atoms with Gasteiger partial charge >= 0.3 is 5.97 Å². The number of hydrogen-bond acceptors (Lipinski definition) is 4. The Balaban J connectivity index is 2.46. The lowest BCUT2D eigenvalue weighted by molar-refractivity contribution is -0.153. The van der Waals surface area contributed by atoms with Gasteiger partial charge in [0, 0.05) is 0 Å². The Labute approximate surface area is 123 Å². The fraction of sp³-hybridized carbons (Fsp3) is 0.938. The van der Waals surface area contributed by atoms with E-state index in [-0.39, 0.29) is 22.3 Å². The van der Waals surface area contributed by atoms with Crippen LogP contribution in [-0.4, -0.2) is 43.2 Å². The van der Waals surface area contributed by atoms with Gasteiger partial charge in [-0.15, -0.1) is 0 Å². The van der Waals surface area contributed by atoms with Crippen molar-refractivity contribution < 1.29 is 9.53 Å². The van der Waals surface area contributed by atoms with Crippen LogP contribution in [-0.2, 0) is 9.53 Å². The quantitative estimate of drug-likeness (QED) is 0.802. The van der Waals surface area contributed by atoms with Gasteiger partial charge in [-0.05, 0) is 57.0 Å². The Hall–Kier alpha value is -0.610. The standard InChI is InChI=1S/C16H30N2O2/c1-7-20-13(19)12(17)16(18(5)6)10-11-8-9-15(16,4)14(11,2)3/h11-12H,7-10,17H2,1-6H3/t11-,12-,15-,16-/m0/s1. The molecule has 2 aliphatic rings. The summed E-state index contributed by atoms with van der Waals surface area (Å²) in [7, 11) is 4.11. The summed E-state index contributed by atoms with van der Waals surface area (Å²) >= 11 is 0. The molecule has 0 unspecified atom stereocenters. The van der Waals surface area contributed by atoms with Crippen molar-refractivity contribution in [2.24, 2.45) is 22.5 Å². The van der Waals surface area contributed by atoms with Gasteiger partial charge in [0.2, 0.25) is 0 Å². The van der Waals surface area contributed by atoms with E-state index in [2.05, 4.69) is 39.8 Å². The number of carbonyl (C=O) groups excluding carboxylic acids is 1. The molecule has 2 bridgehead atoms. The summed E-state index contributed by atoms with van der Waals surface area (Å²) in [6.45, 7) is 9.22. The van der Waals surface area contributed by atoms with E-state index in [0.29, 0.717) is 12.5 Å². The van der Waals surface area contributed by atoms with Crippen molar-refractivity contribution in [3.63, 3.8) is 0 Å². The summed E-state index contributed by atoms with van der Waals surface area (Å²) in [5.41, 5.74) is 6.37. The Bertz CT molecular complexity index is 407. The minimum absolute atomic E-state index is 0.0420. The van der Waals surface area contributed by atoms with Gasteiger partial charge in [0.05, 0.1) is 12.1 Å². The van der Waals surface area contributed by atoms with Crippen molar-refractivity contribution in [1.82, 2.24) is 4.90 Å². The molecule has 0 aromatic heterocycles. The fourth-order valence-corrected chi connectivity index (χ4v) is 5.18. The van der Waals surface area contributed by atoms with E-state index in [0.717, 1.165) is 12.8 Å². The average Bonchev–Trinajstić information content (AvgIpc) is 2.69. The van der Waals surface area contributed by atoms with Crippen molar-refractivity contribution in [1.29, 1.82) is 0 Å². The second-order valence-electron chi connectivity index (χ2n) is 7.54. The van der Waals surface area contributed by atoms with Crippen LogP contribution in [0, 0.1) is 16.7 Å². The molecule has 2 N–H and O–H groups in total. The highest BCUT2D eigenvalue weighted by Crippen LogP contribution is 2.71. The summed E-state index contributed by atoms with van der Waals surface area (Å²) < 4.78 is 5.22. The number of fused-ring (bicyclic) bond motifs is 2. The molecule has 116 valence electrons. The van der Waals surface area contributed by atoms with Gasteiger partial charge in [-0.3, -0.25) is 4.79 Å². The maximum absolute atomic E-state index is 12.3. The molecule has 0 aromatic carbocycles. The topological polar surface area (TPSA) is 55.6 Å². The number of nitrogens with zero attached hydrogens (tertiary/aromatic N) is 1. The third-order valence-corrected chi connectivity index (χ3v) is 6.80. The monoisotopic (exact) mass is 282 g/mol. The van der Waals surface area contributed by atoms with E-state index >= 15 is 0 Å². The smallest absolute Gasteiger partial charge is 0.324 e. The molecule has 2 fully saturated rings. The van der Waals surface area contributed by atoms with E-state index in [1.165, 1.54) is 6.42 Å². The first kappa shape index (κ1) is 15.8. The SMILES string of the molecule is CCOC(=O)[C@H](N)[C@@]1(N(C)C)C[C@@H]2CC[C@@]1(C)C2(C)C. The van der Waals surface area contributed by atoms with Crippen LogP contribution in [0.3, 0.4) is 0 Å². The van der Waals surface area contributed by atoms with Crippen LogP contribution in [0.15, 0.2) is 0 Å². The first-order chi connectivity index (χ1) is 9.15. The molecule has 0 aromatic rings. The van der Waals surface area contributed by atoms with Gasteiger partial charge in [0.1, 0.15) is 6.04 Å². The van der Waals surface area contributed by atoms with Gasteiger partial charge < -0.3 is 15.4 Å². The largest absolute Gasteiger partial charge is 0.465 e. The lowest BCUT2D eigenvalue weighted by atomic mass is 9.59. The minimum Gasteiger partial charge on any atom is -0.465 e. The van der Waals surface area contributed by atoms with Gasteiger partial charge in [-0.25, -0.2) is 0 Å². The number of carbonyl (C=O) groups is 1. The van der Waals surface area contributed by atoms with Crippen molar-refractivity contribution >= 4 is 5.97 Å². The summed E-state index contributed by atoms with van der Waals surface area (Å²) in [5.74, 6) is 0.376. The molecule has 4 nitrogen and oxygen atoms in total. The van der Waals surface area contributed by atoms with Crippen LogP contribution in [0.5, 0.6) is 0 Å². The molecule has 0 saturated heterocycles. The van der Waals surface area contributed by atoms with Crippen molar-refractivity contribution in [3.05, 3.63) is 0 Å². The molecular formula is C16H30N2O2. The third kappa shape index (κ3) is 1.64. The van der Waals surface area contributed by atoms with E-state index in [1.807, 2.05) is 6.92 Å². The summed E-state index contributed by atoms with van der Waals surface area (Å²) in [6, 6.07) is -0.577. The van der Waals surface area contributed by atoms with Crippen LogP contribution in [0.4, 0.5) is 0 Å². The normalized spacial score (nSPS) is 40.1. The third-order valence-electron chi connectivity index (χ3n) is 6.80. The molecule has 2 rings (SSSR count). The van der Waals surface area contributed by atoms with Crippen molar-refractivity contribution in [3.8, 4) is 0 Å². The van der Waals surface area contributed by atoms with Crippen molar-refractivity contribution in [2.75, 3.05) is 20.7 Å². The number of nitrogens with two attached hydrogens (primary N) is 1. The van der Waals surface area contributed by atoms with Crippen LogP contribution < -0.4 is 5.73 Å². The predicted molar refractivity (Wildman–Crippen MR) is 80.3 cm³/mol. The molecular weight excluding hydrogens is 252 g/mol. The Morgan fingerprint density at radius 2 is 2.00 bits per heavy atom. The molecule has 4 heteroatoms. The molecule has 0 amide bonds. The highest BCUT2D eigenvalue weighted by atomic mass is 16.5. The van der Waals surface area contributed by atoms with Crippen molar-refractivity contribution in [2.45, 2.75) is 58.5 Å². The predicted octanol–water partition coefficient (Wildman–Crippen LogP) is 2.02. The number of rotatable bonds is 4. The Morgan fingerprint density at radius 1 is 1.40 bits per heavy atom.